The van der Waals surface area contributed by atoms with E-state index < -0.39 is 7.82 Å². The van der Waals surface area contributed by atoms with Crippen LogP contribution in [0.1, 0.15) is 12.5 Å². The summed E-state index contributed by atoms with van der Waals surface area (Å²) in [6, 6.07) is 5.98. The van der Waals surface area contributed by atoms with E-state index in [0.29, 0.717) is 6.42 Å². The van der Waals surface area contributed by atoms with Gasteiger partial charge in [0.15, 0.2) is 0 Å². The van der Waals surface area contributed by atoms with Gasteiger partial charge >= 0.3 is 7.82 Å². The first-order valence-electron chi connectivity index (χ1n) is 5.33. The van der Waals surface area contributed by atoms with Crippen molar-refractivity contribution in [3.8, 4) is 5.75 Å². The van der Waals surface area contributed by atoms with Crippen LogP contribution >= 0.6 is 7.82 Å². The van der Waals surface area contributed by atoms with Gasteiger partial charge in [0, 0.05) is 0 Å². The van der Waals surface area contributed by atoms with Crippen LogP contribution < -0.4 is 9.84 Å². The zero-order valence-electron chi connectivity index (χ0n) is 10.2. The van der Waals surface area contributed by atoms with E-state index in [1.807, 2.05) is 0 Å². The fraction of sp³-hybridized carbons (Fsp3) is 0.364. The third-order valence-corrected chi connectivity index (χ3v) is 2.88. The Balaban J connectivity index is 2.71. The molecule has 0 aliphatic heterocycles. The lowest BCUT2D eigenvalue weighted by molar-refractivity contribution is -0.118. The molecule has 1 atom stereocenters. The van der Waals surface area contributed by atoms with E-state index in [0.717, 1.165) is 5.56 Å². The number of benzene rings is 1. The molecule has 0 saturated heterocycles. The highest BCUT2D eigenvalue weighted by atomic mass is 31.2. The van der Waals surface area contributed by atoms with Gasteiger partial charge in [-0.25, -0.2) is 4.57 Å². The highest BCUT2D eigenvalue weighted by molar-refractivity contribution is 7.46. The average molecular weight is 273 g/mol. The predicted molar refractivity (Wildman–Crippen MR) is 66.3 cm³/mol. The Labute approximate surface area is 105 Å². The van der Waals surface area contributed by atoms with Crippen LogP contribution in [0.5, 0.6) is 5.75 Å². The number of carbonyl (C=O) groups excluding carboxylic acids is 1. The van der Waals surface area contributed by atoms with Crippen molar-refractivity contribution in [3.05, 3.63) is 29.8 Å². The first-order valence-corrected chi connectivity index (χ1v) is 6.86. The van der Waals surface area contributed by atoms with Gasteiger partial charge in [-0.2, -0.15) is 0 Å². The van der Waals surface area contributed by atoms with Gasteiger partial charge in [0.25, 0.3) is 0 Å². The standard InChI is InChI=1S/C11H16NO5P/c1-8(13)11(12-2)7-9-3-5-10(6-4-9)17-18(14,15)16/h3-6,11-12H,7H2,1-2H3,(H2,14,15,16)/t11-/m0/s1. The maximum Gasteiger partial charge on any atom is 0.524 e. The molecule has 6 nitrogen and oxygen atoms in total. The van der Waals surface area contributed by atoms with Crippen molar-refractivity contribution >= 4 is 13.6 Å². The van der Waals surface area contributed by atoms with Crippen LogP contribution in [0.25, 0.3) is 0 Å². The first kappa shape index (κ1) is 14.9. The summed E-state index contributed by atoms with van der Waals surface area (Å²) in [4.78, 5) is 28.5. The van der Waals surface area contributed by atoms with Crippen LogP contribution in [0.15, 0.2) is 24.3 Å². The van der Waals surface area contributed by atoms with Gasteiger partial charge in [0.1, 0.15) is 11.5 Å². The lowest BCUT2D eigenvalue weighted by Gasteiger charge is -2.13. The van der Waals surface area contributed by atoms with Gasteiger partial charge in [-0.05, 0) is 38.1 Å². The van der Waals surface area contributed by atoms with Crippen molar-refractivity contribution in [2.45, 2.75) is 19.4 Å². The SMILES string of the molecule is CN[C@@H](Cc1ccc(OP(=O)(O)O)cc1)C(C)=O. The Bertz CT molecular complexity index is 453. The molecule has 1 aromatic rings. The van der Waals surface area contributed by atoms with Crippen LogP contribution in [0, 0.1) is 0 Å². The number of Topliss-reactive ketones (excluding diaryl/α,β-unsaturated/α-hetero) is 1. The van der Waals surface area contributed by atoms with Crippen LogP contribution in [0.4, 0.5) is 0 Å². The van der Waals surface area contributed by atoms with Gasteiger partial charge < -0.3 is 9.84 Å². The first-order chi connectivity index (χ1) is 8.31. The molecule has 0 amide bonds. The van der Waals surface area contributed by atoms with Gasteiger partial charge in [-0.3, -0.25) is 14.6 Å². The van der Waals surface area contributed by atoms with Gasteiger partial charge in [-0.15, -0.1) is 0 Å². The molecule has 0 heterocycles. The highest BCUT2D eigenvalue weighted by Gasteiger charge is 2.16. The maximum atomic E-state index is 11.2. The minimum absolute atomic E-state index is 0.0352. The summed E-state index contributed by atoms with van der Waals surface area (Å²) < 4.78 is 15.0. The molecule has 0 aliphatic rings. The van der Waals surface area contributed by atoms with Crippen LogP contribution in [0.2, 0.25) is 0 Å². The summed E-state index contributed by atoms with van der Waals surface area (Å²) >= 11 is 0. The Morgan fingerprint density at radius 3 is 2.33 bits per heavy atom. The van der Waals surface area contributed by atoms with Crippen molar-refractivity contribution in [1.29, 1.82) is 0 Å². The van der Waals surface area contributed by atoms with Crippen molar-refractivity contribution in [2.75, 3.05) is 7.05 Å². The molecule has 0 aliphatic carbocycles. The summed E-state index contributed by atoms with van der Waals surface area (Å²) in [6.45, 7) is 1.51. The number of phosphoric ester groups is 1. The zero-order chi connectivity index (χ0) is 13.8. The van der Waals surface area contributed by atoms with E-state index in [4.69, 9.17) is 9.79 Å². The van der Waals surface area contributed by atoms with Crippen molar-refractivity contribution in [1.82, 2.24) is 5.32 Å². The summed E-state index contributed by atoms with van der Waals surface area (Å²) in [6.07, 6.45) is 0.516. The summed E-state index contributed by atoms with van der Waals surface area (Å²) in [5, 5.41) is 2.90. The van der Waals surface area contributed by atoms with Crippen LogP contribution in [0.3, 0.4) is 0 Å². The molecule has 1 rings (SSSR count). The molecule has 0 bridgehead atoms. The second-order valence-corrected chi connectivity index (χ2v) is 5.05. The smallest absolute Gasteiger partial charge is 0.404 e. The van der Waals surface area contributed by atoms with E-state index in [1.165, 1.54) is 19.1 Å². The second kappa shape index (κ2) is 6.11. The molecular formula is C11H16NO5P. The Hall–Kier alpha value is -1.20. The number of carbonyl (C=O) groups is 1. The lowest BCUT2D eigenvalue weighted by Crippen LogP contribution is -2.34. The Morgan fingerprint density at radius 2 is 1.94 bits per heavy atom. The maximum absolute atomic E-state index is 11.2. The van der Waals surface area contributed by atoms with E-state index in [-0.39, 0.29) is 17.6 Å². The molecule has 0 unspecified atom stereocenters. The molecule has 3 N–H and O–H groups in total. The zero-order valence-corrected chi connectivity index (χ0v) is 11.1. The largest absolute Gasteiger partial charge is 0.524 e. The molecule has 0 spiro atoms. The van der Waals surface area contributed by atoms with Gasteiger partial charge in [0.2, 0.25) is 0 Å². The molecule has 0 radical (unpaired) electrons. The molecule has 18 heavy (non-hydrogen) atoms. The number of phosphoric acid groups is 1. The number of ketones is 1. The molecule has 0 saturated carbocycles. The summed E-state index contributed by atoms with van der Waals surface area (Å²) in [7, 11) is -2.81. The quantitative estimate of drug-likeness (QED) is 0.666. The molecule has 0 fully saturated rings. The number of nitrogens with one attached hydrogen (secondary N) is 1. The van der Waals surface area contributed by atoms with E-state index in [9.17, 15) is 9.36 Å². The number of hydrogen-bond donors (Lipinski definition) is 3. The fourth-order valence-electron chi connectivity index (χ4n) is 1.51. The normalized spacial score (nSPS) is 13.1. The topological polar surface area (TPSA) is 95.9 Å². The van der Waals surface area contributed by atoms with Crippen molar-refractivity contribution in [3.63, 3.8) is 0 Å². The third-order valence-electron chi connectivity index (χ3n) is 2.43. The summed E-state index contributed by atoms with van der Waals surface area (Å²) in [5.74, 6) is 0.129. The van der Waals surface area contributed by atoms with Gasteiger partial charge in [0.05, 0.1) is 6.04 Å². The van der Waals surface area contributed by atoms with Crippen LogP contribution in [-0.2, 0) is 15.8 Å². The molecule has 1 aromatic carbocycles. The van der Waals surface area contributed by atoms with E-state index in [2.05, 4.69) is 9.84 Å². The fourth-order valence-corrected chi connectivity index (χ4v) is 1.90. The minimum atomic E-state index is -4.52. The summed E-state index contributed by atoms with van der Waals surface area (Å²) in [5.41, 5.74) is 0.877. The lowest BCUT2D eigenvalue weighted by atomic mass is 10.0. The number of likely N-dealkylation sites (N-methyl/N-ethyl adjacent to an activating group) is 1. The monoisotopic (exact) mass is 273 g/mol. The molecule has 100 valence electrons. The predicted octanol–water partition coefficient (Wildman–Crippen LogP) is 0.878. The Kier molecular flexibility index (Phi) is 5.04. The Morgan fingerprint density at radius 1 is 1.39 bits per heavy atom. The number of hydrogen-bond acceptors (Lipinski definition) is 4. The third kappa shape index (κ3) is 4.98. The molecule has 0 aromatic heterocycles. The van der Waals surface area contributed by atoms with Crippen molar-refractivity contribution < 1.29 is 23.7 Å². The minimum Gasteiger partial charge on any atom is -0.404 e. The molecular weight excluding hydrogens is 257 g/mol. The van der Waals surface area contributed by atoms with E-state index in [1.54, 1.807) is 19.2 Å². The van der Waals surface area contributed by atoms with Gasteiger partial charge in [-0.1, -0.05) is 12.1 Å². The second-order valence-electron chi connectivity index (χ2n) is 3.88. The molecule has 7 heteroatoms. The van der Waals surface area contributed by atoms with Crippen molar-refractivity contribution in [2.24, 2.45) is 0 Å². The van der Waals surface area contributed by atoms with Crippen LogP contribution in [-0.4, -0.2) is 28.7 Å². The highest BCUT2D eigenvalue weighted by Crippen LogP contribution is 2.37. The number of rotatable bonds is 6. The van der Waals surface area contributed by atoms with E-state index >= 15 is 0 Å². The average Bonchev–Trinajstić information content (AvgIpc) is 2.25.